The summed E-state index contributed by atoms with van der Waals surface area (Å²) in [5.41, 5.74) is 9.77. The summed E-state index contributed by atoms with van der Waals surface area (Å²) >= 11 is 7.49. The van der Waals surface area contributed by atoms with Crippen molar-refractivity contribution in [3.05, 3.63) is 132 Å². The summed E-state index contributed by atoms with van der Waals surface area (Å²) < 4.78 is 24.6. The Bertz CT molecular complexity index is 4250. The van der Waals surface area contributed by atoms with Crippen LogP contribution in [-0.4, -0.2) is 118 Å². The molecule has 0 aliphatic carbocycles. The van der Waals surface area contributed by atoms with Crippen LogP contribution in [0.15, 0.2) is 109 Å². The van der Waals surface area contributed by atoms with Crippen LogP contribution in [0, 0.1) is 13.8 Å². The second kappa shape index (κ2) is 26.2. The third-order valence-corrected chi connectivity index (χ3v) is 13.6. The Balaban J connectivity index is 0.000000204. The normalized spacial score (nSPS) is 11.6. The van der Waals surface area contributed by atoms with Crippen LogP contribution in [0.5, 0.6) is 0 Å². The van der Waals surface area contributed by atoms with Crippen LogP contribution in [0.4, 0.5) is 52.2 Å². The van der Waals surface area contributed by atoms with E-state index in [-0.39, 0.29) is 22.4 Å². The van der Waals surface area contributed by atoms with Crippen molar-refractivity contribution in [1.82, 2.24) is 60.4 Å². The Labute approximate surface area is 523 Å². The molecule has 0 aliphatic rings. The van der Waals surface area contributed by atoms with Crippen molar-refractivity contribution >= 4 is 125 Å². The van der Waals surface area contributed by atoms with Gasteiger partial charge in [-0.1, -0.05) is 46.9 Å². The van der Waals surface area contributed by atoms with Gasteiger partial charge in [-0.2, -0.15) is 29.8 Å². The molecule has 10 rings (SSSR count). The number of nitrogens with one attached hydrogen (secondary N) is 3. The summed E-state index contributed by atoms with van der Waals surface area (Å²) in [5.74, 6) is -0.356. The number of carbonyl (C=O) groups is 6. The number of aryl methyl sites for hydroxylation is 2. The largest absolute Gasteiger partial charge is 0.443 e. The molecule has 6 aromatic heterocycles. The molecule has 0 saturated carbocycles. The number of halogens is 1. The predicted octanol–water partition coefficient (Wildman–Crippen LogP) is 13.8. The van der Waals surface area contributed by atoms with E-state index in [1.54, 1.807) is 169 Å². The lowest BCUT2D eigenvalue weighted by Crippen LogP contribution is -2.33. The summed E-state index contributed by atoms with van der Waals surface area (Å²) in [6, 6.07) is 27.8. The van der Waals surface area contributed by atoms with Crippen LogP contribution >= 0.6 is 34.3 Å². The van der Waals surface area contributed by atoms with Crippen LogP contribution in [0.25, 0.3) is 42.9 Å². The summed E-state index contributed by atoms with van der Waals surface area (Å²) in [4.78, 5) is 77.7. The fourth-order valence-electron chi connectivity index (χ4n) is 7.92. The number of rotatable bonds is 9. The molecule has 0 aliphatic heterocycles. The Morgan fingerprint density at radius 1 is 0.539 bits per heavy atom. The maximum absolute atomic E-state index is 13.5. The maximum Gasteiger partial charge on any atom is 0.435 e. The van der Waals surface area contributed by atoms with Crippen molar-refractivity contribution < 1.29 is 47.7 Å². The molecular formula is C60H65ClN16O10S2. The van der Waals surface area contributed by atoms with Gasteiger partial charge < -0.3 is 30.0 Å². The van der Waals surface area contributed by atoms with Gasteiger partial charge in [0.15, 0.2) is 5.69 Å². The molecule has 3 amide bonds. The van der Waals surface area contributed by atoms with Gasteiger partial charge in [0, 0.05) is 44.7 Å². The number of anilines is 6. The lowest BCUT2D eigenvalue weighted by molar-refractivity contribution is 0.0511. The number of nitrogens with zero attached hydrogens (tertiary/aromatic N) is 12. The van der Waals surface area contributed by atoms with Gasteiger partial charge in [0.25, 0.3) is 11.1 Å². The average Bonchev–Trinajstić information content (AvgIpc) is 1.87. The van der Waals surface area contributed by atoms with E-state index in [0.29, 0.717) is 65.3 Å². The first-order valence-electron chi connectivity index (χ1n) is 27.3. The number of ether oxygens (including phenoxy) is 4. The molecule has 464 valence electrons. The number of carbonyl (C=O) groups excluding carboxylic acids is 6. The Kier molecular flexibility index (Phi) is 19.1. The molecule has 26 nitrogen and oxygen atoms in total. The van der Waals surface area contributed by atoms with Crippen molar-refractivity contribution in [3.8, 4) is 21.1 Å². The molecule has 4 aromatic carbocycles. The minimum Gasteiger partial charge on any atom is -0.443 e. The van der Waals surface area contributed by atoms with E-state index < -0.39 is 52.0 Å². The summed E-state index contributed by atoms with van der Waals surface area (Å²) in [7, 11) is 0. The van der Waals surface area contributed by atoms with Gasteiger partial charge in [-0.3, -0.25) is 19.8 Å². The van der Waals surface area contributed by atoms with E-state index in [9.17, 15) is 28.8 Å². The fraction of sp³-hybridized carbons (Fsp3) is 0.300. The lowest BCUT2D eigenvalue weighted by atomic mass is 10.2. The molecule has 0 atom stereocenters. The van der Waals surface area contributed by atoms with Crippen molar-refractivity contribution in [1.29, 1.82) is 0 Å². The van der Waals surface area contributed by atoms with Crippen molar-refractivity contribution in [2.45, 2.75) is 119 Å². The number of aromatic amines is 2. The molecule has 5 N–H and O–H groups in total. The van der Waals surface area contributed by atoms with Gasteiger partial charge in [0.1, 0.15) is 38.1 Å². The molecule has 89 heavy (non-hydrogen) atoms. The van der Waals surface area contributed by atoms with Crippen molar-refractivity contribution in [3.63, 3.8) is 0 Å². The van der Waals surface area contributed by atoms with Crippen LogP contribution < -0.4 is 20.9 Å². The Morgan fingerprint density at radius 2 is 0.966 bits per heavy atom. The zero-order valence-electron chi connectivity index (χ0n) is 51.1. The first kappa shape index (κ1) is 65.1. The summed E-state index contributed by atoms with van der Waals surface area (Å²) in [5, 5.41) is 43.7. The van der Waals surface area contributed by atoms with E-state index in [1.165, 1.54) is 54.2 Å². The molecule has 29 heteroatoms. The highest BCUT2D eigenvalue weighted by Crippen LogP contribution is 2.38. The Morgan fingerprint density at radius 3 is 1.36 bits per heavy atom. The number of fused-ring (bicyclic) bond motifs is 2. The summed E-state index contributed by atoms with van der Waals surface area (Å²) in [6.45, 7) is 25.0. The Hall–Kier alpha value is -9.93. The zero-order valence-corrected chi connectivity index (χ0v) is 53.5. The number of benzene rings is 4. The highest BCUT2D eigenvalue weighted by atomic mass is 35.5. The highest BCUT2D eigenvalue weighted by Gasteiger charge is 2.32. The highest BCUT2D eigenvalue weighted by molar-refractivity contribution is 7.19. The third-order valence-electron chi connectivity index (χ3n) is 11.5. The topological polar surface area (TPSA) is 328 Å². The van der Waals surface area contributed by atoms with Gasteiger partial charge in [0.2, 0.25) is 10.3 Å². The zero-order chi connectivity index (χ0) is 64.9. The van der Waals surface area contributed by atoms with Crippen LogP contribution in [-0.2, 0) is 18.9 Å². The average molecular weight is 1270 g/mol. The van der Waals surface area contributed by atoms with E-state index in [0.717, 1.165) is 17.0 Å². The van der Waals surface area contributed by atoms with E-state index in [1.807, 2.05) is 25.1 Å². The molecule has 0 fully saturated rings. The van der Waals surface area contributed by atoms with Gasteiger partial charge in [0.05, 0.1) is 34.8 Å². The first-order valence-corrected chi connectivity index (χ1v) is 29.4. The molecular weight excluding hydrogens is 1200 g/mol. The number of hydrogen-bond donors (Lipinski definition) is 4. The monoisotopic (exact) mass is 1270 g/mol. The van der Waals surface area contributed by atoms with Gasteiger partial charge in [-0.15, -0.1) is 20.4 Å². The summed E-state index contributed by atoms with van der Waals surface area (Å²) in [6.07, 6.45) is 0.576. The molecule has 10 aromatic rings. The van der Waals surface area contributed by atoms with Crippen molar-refractivity contribution in [2.75, 3.05) is 20.9 Å². The second-order valence-corrected chi connectivity index (χ2v) is 26.0. The quantitative estimate of drug-likeness (QED) is 0.0592. The minimum atomic E-state index is -0.784. The fourth-order valence-corrected chi connectivity index (χ4v) is 9.72. The van der Waals surface area contributed by atoms with Crippen LogP contribution in [0.3, 0.4) is 0 Å². The number of nitrogens with two attached hydrogens (primary N) is 1. The third kappa shape index (κ3) is 17.2. The first-order chi connectivity index (χ1) is 41.7. The number of amides is 3. The molecule has 0 saturated heterocycles. The molecule has 6 heterocycles. The SMILES string of the molecule is CC(C)(C)OC(=O)N(c1ccc2c(cnn2C(=O)OC(C)(C)C)c1)c1nnc(-c2cccc(N)c2)s1.Cc1cc(C(=O)Cl)n[nH]1.Cc1cc(C(=O)Nc2cccc(-c3nnc(N(C(=O)OC(C)(C)C)c4ccc5c(cnn5C(=O)OC(C)(C)C)c4)s3)c2)n[nH]1. The molecule has 0 spiro atoms. The van der Waals surface area contributed by atoms with E-state index in [4.69, 9.17) is 36.3 Å². The predicted molar refractivity (Wildman–Crippen MR) is 339 cm³/mol. The van der Waals surface area contributed by atoms with Crippen molar-refractivity contribution in [2.24, 2.45) is 0 Å². The number of nitrogen functional groups attached to an aromatic ring is 1. The van der Waals surface area contributed by atoms with E-state index >= 15 is 0 Å². The van der Waals surface area contributed by atoms with Gasteiger partial charge in [-0.05, 0) is 181 Å². The standard InChI is InChI=1S/C30H32N8O5S.C25H28N6O4S.C5H5ClN2O/c1-17-13-22(34-33-17)24(39)32-20-10-8-9-18(14-20)25-35-36-26(44-25)37(27(40)42-29(2,3)4)21-11-12-23-19(15-21)16-31-38(23)28(41)43-30(5,6)7;1-24(2,3)34-22(32)30(21-29-28-20(36-21)15-8-7-9-17(26)12-15)18-10-11-19-16(13-18)14-27-31(19)23(33)35-25(4,5)6;1-3-2-4(5(6)9)8-7-3/h8-16H,1-7H3,(H,32,39)(H,33,34);7-14H,26H2,1-6H3;2H,1H3,(H,7,8). The van der Waals surface area contributed by atoms with E-state index in [2.05, 4.69) is 56.3 Å². The van der Waals surface area contributed by atoms with Gasteiger partial charge in [-0.25, -0.2) is 29.0 Å². The second-order valence-electron chi connectivity index (χ2n) is 23.8. The molecule has 0 unspecified atom stereocenters. The molecule has 0 radical (unpaired) electrons. The lowest BCUT2D eigenvalue weighted by Gasteiger charge is -2.25. The number of hydrogen-bond acceptors (Lipinski definition) is 21. The molecule has 0 bridgehead atoms. The minimum absolute atomic E-state index is 0.259. The smallest absolute Gasteiger partial charge is 0.435 e. The number of H-pyrrole nitrogens is 2. The number of aromatic nitrogens is 12. The van der Waals surface area contributed by atoms with Crippen LogP contribution in [0.1, 0.15) is 115 Å². The van der Waals surface area contributed by atoms with Gasteiger partial charge >= 0.3 is 24.4 Å². The maximum atomic E-state index is 13.5. The van der Waals surface area contributed by atoms with Crippen LogP contribution in [0.2, 0.25) is 0 Å².